The van der Waals surface area contributed by atoms with Crippen LogP contribution in [0.5, 0.6) is 0 Å². The molecule has 0 heterocycles. The molecule has 0 aliphatic carbocycles. The van der Waals surface area contributed by atoms with Crippen LogP contribution in [0.1, 0.15) is 6.92 Å². The van der Waals surface area contributed by atoms with E-state index in [9.17, 15) is 4.79 Å². The monoisotopic (exact) mass is 116 g/mol. The first-order chi connectivity index (χ1) is 3.31. The minimum Gasteiger partial charge on any atom is -0.282 e. The average molecular weight is 116 g/mol. The predicted molar refractivity (Wildman–Crippen MR) is 33.3 cm³/mol. The lowest BCUT2D eigenvalue weighted by atomic mass is 10.7. The Bertz CT molecular complexity index is 78.1. The first-order valence-corrected chi connectivity index (χ1v) is 3.09. The molecule has 40 valence electrons. The van der Waals surface area contributed by atoms with Crippen LogP contribution >= 0.6 is 11.8 Å². The van der Waals surface area contributed by atoms with Crippen molar-refractivity contribution in [2.45, 2.75) is 6.92 Å². The Hall–Kier alpha value is -0.240. The lowest BCUT2D eigenvalue weighted by Gasteiger charge is -1.82. The Kier molecular flexibility index (Phi) is 3.80. The highest BCUT2D eigenvalue weighted by atomic mass is 32.2. The second kappa shape index (κ2) is 3.93. The Balaban J connectivity index is 3.17. The van der Waals surface area contributed by atoms with Crippen LogP contribution in [0, 0.1) is 0 Å². The summed E-state index contributed by atoms with van der Waals surface area (Å²) in [5, 5.41) is 0.0579. The maximum Gasteiger partial charge on any atom is 0.211 e. The fraction of sp³-hybridized carbons (Fsp3) is 0.400. The molecule has 0 aliphatic heterocycles. The smallest absolute Gasteiger partial charge is 0.211 e. The fourth-order valence-electron chi connectivity index (χ4n) is 0.201. The summed E-state index contributed by atoms with van der Waals surface area (Å²) in [5.41, 5.74) is 0. The van der Waals surface area contributed by atoms with Gasteiger partial charge in [0.25, 0.3) is 0 Å². The molecule has 0 spiro atoms. The molecule has 0 amide bonds. The van der Waals surface area contributed by atoms with E-state index >= 15 is 0 Å². The molecule has 0 aromatic carbocycles. The summed E-state index contributed by atoms with van der Waals surface area (Å²) in [7, 11) is 0. The van der Waals surface area contributed by atoms with Gasteiger partial charge in [-0.2, -0.15) is 0 Å². The standard InChI is InChI=1S/C5H8OS/c1-3-5(6)7-4-2/h3H,1,4H2,2H3. The molecule has 0 rings (SSSR count). The van der Waals surface area contributed by atoms with Crippen LogP contribution in [0.15, 0.2) is 12.7 Å². The lowest BCUT2D eigenvalue weighted by molar-refractivity contribution is -0.107. The number of hydrogen-bond donors (Lipinski definition) is 0. The maximum absolute atomic E-state index is 10.3. The number of carbonyl (C=O) groups excluding carboxylic acids is 1. The van der Waals surface area contributed by atoms with Gasteiger partial charge < -0.3 is 0 Å². The summed E-state index contributed by atoms with van der Waals surface area (Å²) in [5.74, 6) is 0.838. The van der Waals surface area contributed by atoms with Gasteiger partial charge in [-0.15, -0.1) is 0 Å². The topological polar surface area (TPSA) is 17.1 Å². The van der Waals surface area contributed by atoms with Crippen LogP contribution in [0.4, 0.5) is 0 Å². The SMILES string of the molecule is C=CC(=O)SCC. The van der Waals surface area contributed by atoms with E-state index < -0.39 is 0 Å². The predicted octanol–water partition coefficient (Wildman–Crippen LogP) is 1.45. The molecule has 0 aliphatic rings. The molecule has 0 saturated heterocycles. The molecule has 1 nitrogen and oxygen atoms in total. The van der Waals surface area contributed by atoms with Gasteiger partial charge in [-0.25, -0.2) is 0 Å². The normalized spacial score (nSPS) is 8.14. The van der Waals surface area contributed by atoms with Gasteiger partial charge in [0.2, 0.25) is 5.12 Å². The molecule has 0 radical (unpaired) electrons. The quantitative estimate of drug-likeness (QED) is 0.508. The molecule has 0 unspecified atom stereocenters. The van der Waals surface area contributed by atoms with Crippen LogP contribution in [0.3, 0.4) is 0 Å². The second-order valence-electron chi connectivity index (χ2n) is 0.956. The van der Waals surface area contributed by atoms with Gasteiger partial charge in [0.05, 0.1) is 0 Å². The molecule has 0 N–H and O–H groups in total. The Morgan fingerprint density at radius 2 is 2.57 bits per heavy atom. The lowest BCUT2D eigenvalue weighted by Crippen LogP contribution is -1.81. The van der Waals surface area contributed by atoms with E-state index in [0.29, 0.717) is 0 Å². The first-order valence-electron chi connectivity index (χ1n) is 2.10. The zero-order chi connectivity index (χ0) is 5.70. The second-order valence-corrected chi connectivity index (χ2v) is 2.22. The maximum atomic E-state index is 10.3. The highest BCUT2D eigenvalue weighted by Gasteiger charge is 1.88. The molecular formula is C5H8OS. The minimum atomic E-state index is 0.0579. The molecule has 2 heteroatoms. The summed E-state index contributed by atoms with van der Waals surface area (Å²) < 4.78 is 0. The summed E-state index contributed by atoms with van der Waals surface area (Å²) in [6, 6.07) is 0. The van der Waals surface area contributed by atoms with Gasteiger partial charge >= 0.3 is 0 Å². The number of carbonyl (C=O) groups is 1. The third kappa shape index (κ3) is 3.59. The van der Waals surface area contributed by atoms with Gasteiger partial charge in [0.1, 0.15) is 0 Å². The Labute approximate surface area is 47.8 Å². The van der Waals surface area contributed by atoms with Gasteiger partial charge in [-0.05, 0) is 11.8 Å². The number of hydrogen-bond acceptors (Lipinski definition) is 2. The minimum absolute atomic E-state index is 0.0579. The van der Waals surface area contributed by atoms with E-state index in [4.69, 9.17) is 0 Å². The van der Waals surface area contributed by atoms with E-state index in [1.54, 1.807) is 0 Å². The van der Waals surface area contributed by atoms with Crippen molar-refractivity contribution in [3.8, 4) is 0 Å². The molecule has 0 aromatic rings. The third-order valence-corrected chi connectivity index (χ3v) is 1.19. The van der Waals surface area contributed by atoms with E-state index in [2.05, 4.69) is 6.58 Å². The average Bonchev–Trinajstić information content (AvgIpc) is 1.68. The largest absolute Gasteiger partial charge is 0.282 e. The van der Waals surface area contributed by atoms with Gasteiger partial charge in [0, 0.05) is 0 Å². The molecule has 0 saturated carbocycles. The van der Waals surface area contributed by atoms with E-state index in [1.165, 1.54) is 17.8 Å². The van der Waals surface area contributed by atoms with Gasteiger partial charge in [-0.3, -0.25) is 4.79 Å². The highest BCUT2D eigenvalue weighted by molar-refractivity contribution is 8.14. The third-order valence-electron chi connectivity index (χ3n) is 0.453. The Morgan fingerprint density at radius 3 is 2.71 bits per heavy atom. The van der Waals surface area contributed by atoms with E-state index in [1.807, 2.05) is 6.92 Å². The summed E-state index contributed by atoms with van der Waals surface area (Å²) in [6.07, 6.45) is 1.33. The zero-order valence-electron chi connectivity index (χ0n) is 4.31. The molecule has 0 bridgehead atoms. The van der Waals surface area contributed by atoms with Crippen LogP contribution in [-0.4, -0.2) is 10.9 Å². The summed E-state index contributed by atoms with van der Waals surface area (Å²) >= 11 is 1.27. The first kappa shape index (κ1) is 6.76. The number of rotatable bonds is 2. The van der Waals surface area contributed by atoms with E-state index in [-0.39, 0.29) is 5.12 Å². The van der Waals surface area contributed by atoms with E-state index in [0.717, 1.165) is 5.75 Å². The highest BCUT2D eigenvalue weighted by Crippen LogP contribution is 1.98. The van der Waals surface area contributed by atoms with Crippen molar-refractivity contribution in [3.63, 3.8) is 0 Å². The van der Waals surface area contributed by atoms with Crippen LogP contribution < -0.4 is 0 Å². The van der Waals surface area contributed by atoms with Crippen molar-refractivity contribution in [1.82, 2.24) is 0 Å². The van der Waals surface area contributed by atoms with Crippen molar-refractivity contribution in [2.75, 3.05) is 5.75 Å². The number of thioether (sulfide) groups is 1. The molecule has 0 fully saturated rings. The van der Waals surface area contributed by atoms with Crippen molar-refractivity contribution in [3.05, 3.63) is 12.7 Å². The van der Waals surface area contributed by atoms with Crippen molar-refractivity contribution < 1.29 is 4.79 Å². The van der Waals surface area contributed by atoms with Gasteiger partial charge in [0.15, 0.2) is 0 Å². The van der Waals surface area contributed by atoms with Crippen LogP contribution in [-0.2, 0) is 4.79 Å². The molecule has 7 heavy (non-hydrogen) atoms. The fourth-order valence-corrected chi connectivity index (χ4v) is 0.604. The van der Waals surface area contributed by atoms with Crippen LogP contribution in [0.25, 0.3) is 0 Å². The van der Waals surface area contributed by atoms with Gasteiger partial charge in [-0.1, -0.05) is 25.3 Å². The van der Waals surface area contributed by atoms with Crippen molar-refractivity contribution in [2.24, 2.45) is 0 Å². The van der Waals surface area contributed by atoms with Crippen molar-refractivity contribution >= 4 is 16.9 Å². The summed E-state index contributed by atoms with van der Waals surface area (Å²) in [6.45, 7) is 5.25. The molecular weight excluding hydrogens is 108 g/mol. The Morgan fingerprint density at radius 1 is 2.00 bits per heavy atom. The van der Waals surface area contributed by atoms with Crippen molar-refractivity contribution in [1.29, 1.82) is 0 Å². The van der Waals surface area contributed by atoms with Crippen LogP contribution in [0.2, 0.25) is 0 Å². The zero-order valence-corrected chi connectivity index (χ0v) is 5.12. The molecule has 0 atom stereocenters. The summed E-state index contributed by atoms with van der Waals surface area (Å²) in [4.78, 5) is 10.3. The molecule has 0 aromatic heterocycles.